The van der Waals surface area contributed by atoms with E-state index in [1.165, 1.54) is 0 Å². The van der Waals surface area contributed by atoms with Crippen LogP contribution in [0.4, 0.5) is 11.5 Å². The second-order valence-electron chi connectivity index (χ2n) is 6.01. The zero-order chi connectivity index (χ0) is 17.8. The number of benzene rings is 1. The quantitative estimate of drug-likeness (QED) is 0.823. The van der Waals surface area contributed by atoms with E-state index in [1.807, 2.05) is 31.2 Å². The normalized spacial score (nSPS) is 20.8. The Morgan fingerprint density at radius 1 is 1.28 bits per heavy atom. The number of amides is 1. The van der Waals surface area contributed by atoms with Gasteiger partial charge in [0, 0.05) is 51.2 Å². The van der Waals surface area contributed by atoms with Crippen LogP contribution >= 0.6 is 15.9 Å². The molecule has 1 aliphatic rings. The number of rotatable bonds is 3. The van der Waals surface area contributed by atoms with E-state index in [2.05, 4.69) is 31.1 Å². The first-order chi connectivity index (χ1) is 12.0. The van der Waals surface area contributed by atoms with Crippen molar-refractivity contribution in [1.82, 2.24) is 4.98 Å². The molecule has 7 heteroatoms. The molecule has 1 amide bonds. The second kappa shape index (κ2) is 8.10. The van der Waals surface area contributed by atoms with Gasteiger partial charge in [-0.1, -0.05) is 22.9 Å². The summed E-state index contributed by atoms with van der Waals surface area (Å²) in [5.74, 6) is 1.07. The molecule has 0 spiro atoms. The molecule has 2 heterocycles. The molecular formula is C18H20BrN3O2S. The molecule has 3 rings (SSSR count). The zero-order valence-corrected chi connectivity index (χ0v) is 16.3. The fourth-order valence-electron chi connectivity index (χ4n) is 2.75. The molecule has 1 aromatic heterocycles. The highest BCUT2D eigenvalue weighted by Crippen LogP contribution is 2.22. The Kier molecular flexibility index (Phi) is 5.86. The average molecular weight is 422 g/mol. The summed E-state index contributed by atoms with van der Waals surface area (Å²) < 4.78 is 13.0. The smallest absolute Gasteiger partial charge is 0.259 e. The summed E-state index contributed by atoms with van der Waals surface area (Å²) in [6, 6.07) is 11.0. The summed E-state index contributed by atoms with van der Waals surface area (Å²) in [5, 5.41) is 3.09. The van der Waals surface area contributed by atoms with Gasteiger partial charge in [-0.15, -0.1) is 0 Å². The van der Waals surface area contributed by atoms with E-state index in [-0.39, 0.29) is 11.2 Å². The molecule has 0 bridgehead atoms. The van der Waals surface area contributed by atoms with E-state index in [4.69, 9.17) is 0 Å². The largest absolute Gasteiger partial charge is 0.355 e. The third-order valence-electron chi connectivity index (χ3n) is 4.25. The van der Waals surface area contributed by atoms with Crippen LogP contribution < -0.4 is 10.2 Å². The van der Waals surface area contributed by atoms with Crippen LogP contribution in [0, 0.1) is 0 Å². The number of pyridine rings is 1. The van der Waals surface area contributed by atoms with E-state index < -0.39 is 10.8 Å². The summed E-state index contributed by atoms with van der Waals surface area (Å²) in [5.41, 5.74) is 1.26. The molecule has 5 nitrogen and oxygen atoms in total. The molecule has 132 valence electrons. The summed E-state index contributed by atoms with van der Waals surface area (Å²) >= 11 is 3.38. The maximum absolute atomic E-state index is 12.7. The van der Waals surface area contributed by atoms with Crippen LogP contribution in [0.2, 0.25) is 0 Å². The predicted molar refractivity (Wildman–Crippen MR) is 106 cm³/mol. The molecule has 1 aromatic carbocycles. The van der Waals surface area contributed by atoms with Crippen molar-refractivity contribution in [2.24, 2.45) is 0 Å². The molecule has 1 aliphatic heterocycles. The molecule has 2 aromatic rings. The fourth-order valence-corrected chi connectivity index (χ4v) is 4.19. The van der Waals surface area contributed by atoms with Gasteiger partial charge in [0.05, 0.1) is 5.56 Å². The van der Waals surface area contributed by atoms with Gasteiger partial charge in [-0.3, -0.25) is 9.00 Å². The van der Waals surface area contributed by atoms with Gasteiger partial charge in [0.15, 0.2) is 0 Å². The number of anilines is 2. The topological polar surface area (TPSA) is 62.3 Å². The van der Waals surface area contributed by atoms with Crippen LogP contribution in [0.25, 0.3) is 0 Å². The molecule has 0 unspecified atom stereocenters. The lowest BCUT2D eigenvalue weighted by molar-refractivity contribution is 0.102. The molecule has 1 saturated heterocycles. The highest BCUT2D eigenvalue weighted by Gasteiger charge is 2.23. The number of nitrogens with one attached hydrogen (secondary N) is 1. The molecule has 0 aliphatic carbocycles. The van der Waals surface area contributed by atoms with E-state index in [1.54, 1.807) is 18.3 Å². The predicted octanol–water partition coefficient (Wildman–Crippen LogP) is 3.44. The molecule has 0 radical (unpaired) electrons. The zero-order valence-electron chi connectivity index (χ0n) is 13.9. The molecule has 1 N–H and O–H groups in total. The Balaban J connectivity index is 1.81. The third kappa shape index (κ3) is 4.46. The van der Waals surface area contributed by atoms with Gasteiger partial charge in [-0.25, -0.2) is 4.98 Å². The molecule has 1 fully saturated rings. The van der Waals surface area contributed by atoms with Crippen molar-refractivity contribution >= 4 is 44.1 Å². The monoisotopic (exact) mass is 421 g/mol. The van der Waals surface area contributed by atoms with Gasteiger partial charge >= 0.3 is 0 Å². The van der Waals surface area contributed by atoms with Gasteiger partial charge in [-0.2, -0.15) is 0 Å². The lowest BCUT2D eigenvalue weighted by atomic mass is 10.2. The van der Waals surface area contributed by atoms with Crippen molar-refractivity contribution in [1.29, 1.82) is 0 Å². The Bertz CT molecular complexity index is 782. The minimum absolute atomic E-state index is 0.175. The first-order valence-electron chi connectivity index (χ1n) is 8.18. The van der Waals surface area contributed by atoms with Crippen LogP contribution in [-0.2, 0) is 10.8 Å². The van der Waals surface area contributed by atoms with Gasteiger partial charge in [-0.05, 0) is 42.8 Å². The van der Waals surface area contributed by atoms with Crippen LogP contribution in [0.1, 0.15) is 23.7 Å². The Morgan fingerprint density at radius 3 is 2.80 bits per heavy atom. The SMILES string of the molecule is C[C@H]1CCN(c2ncccc2C(=O)Nc2ccc(Br)cc2)CC[S@]1=O. The maximum atomic E-state index is 12.7. The van der Waals surface area contributed by atoms with Crippen LogP contribution in [-0.4, -0.2) is 39.2 Å². The lowest BCUT2D eigenvalue weighted by Gasteiger charge is -2.23. The van der Waals surface area contributed by atoms with Gasteiger partial charge in [0.2, 0.25) is 0 Å². The summed E-state index contributed by atoms with van der Waals surface area (Å²) in [4.78, 5) is 19.2. The Hall–Kier alpha value is -1.73. The van der Waals surface area contributed by atoms with Crippen LogP contribution in [0.5, 0.6) is 0 Å². The number of hydrogen-bond donors (Lipinski definition) is 1. The summed E-state index contributed by atoms with van der Waals surface area (Å²) in [6.07, 6.45) is 2.52. The minimum Gasteiger partial charge on any atom is -0.355 e. The number of carbonyl (C=O) groups is 1. The van der Waals surface area contributed by atoms with Crippen LogP contribution in [0.3, 0.4) is 0 Å². The first kappa shape index (κ1) is 18.1. The molecular weight excluding hydrogens is 402 g/mol. The second-order valence-corrected chi connectivity index (χ2v) is 8.90. The van der Waals surface area contributed by atoms with Crippen molar-refractivity contribution in [3.05, 3.63) is 52.6 Å². The standard InChI is InChI=1S/C18H20BrN3O2S/c1-13-8-10-22(11-12-25(13)24)17-16(3-2-9-20-17)18(23)21-15-6-4-14(19)5-7-15/h2-7,9,13H,8,10-12H2,1H3,(H,21,23)/t13-,25+/m0/s1. The first-order valence-corrected chi connectivity index (χ1v) is 10.4. The number of carbonyl (C=O) groups excluding carboxylic acids is 1. The Labute approximate surface area is 158 Å². The summed E-state index contributed by atoms with van der Waals surface area (Å²) in [6.45, 7) is 3.41. The minimum atomic E-state index is -0.822. The van der Waals surface area contributed by atoms with Gasteiger partial charge in [0.1, 0.15) is 5.82 Å². The lowest BCUT2D eigenvalue weighted by Crippen LogP contribution is -2.29. The van der Waals surface area contributed by atoms with Crippen LogP contribution in [0.15, 0.2) is 47.1 Å². The van der Waals surface area contributed by atoms with Crippen molar-refractivity contribution in [2.45, 2.75) is 18.6 Å². The molecule has 2 atom stereocenters. The van der Waals surface area contributed by atoms with E-state index in [9.17, 15) is 9.00 Å². The van der Waals surface area contributed by atoms with Crippen molar-refractivity contribution in [3.8, 4) is 0 Å². The average Bonchev–Trinajstić information content (AvgIpc) is 2.79. The number of halogens is 1. The van der Waals surface area contributed by atoms with E-state index in [0.29, 0.717) is 23.7 Å². The van der Waals surface area contributed by atoms with Gasteiger partial charge < -0.3 is 10.2 Å². The van der Waals surface area contributed by atoms with Gasteiger partial charge in [0.25, 0.3) is 5.91 Å². The van der Waals surface area contributed by atoms with Crippen molar-refractivity contribution in [2.75, 3.05) is 29.1 Å². The van der Waals surface area contributed by atoms with Crippen molar-refractivity contribution in [3.63, 3.8) is 0 Å². The fraction of sp³-hybridized carbons (Fsp3) is 0.333. The highest BCUT2D eigenvalue weighted by atomic mass is 79.9. The summed E-state index contributed by atoms with van der Waals surface area (Å²) in [7, 11) is -0.822. The van der Waals surface area contributed by atoms with E-state index >= 15 is 0 Å². The number of nitrogens with zero attached hydrogens (tertiary/aromatic N) is 2. The number of hydrogen-bond acceptors (Lipinski definition) is 4. The highest BCUT2D eigenvalue weighted by molar-refractivity contribution is 9.10. The van der Waals surface area contributed by atoms with Crippen molar-refractivity contribution < 1.29 is 9.00 Å². The number of aromatic nitrogens is 1. The molecule has 25 heavy (non-hydrogen) atoms. The Morgan fingerprint density at radius 2 is 2.04 bits per heavy atom. The molecule has 0 saturated carbocycles. The maximum Gasteiger partial charge on any atom is 0.259 e. The third-order valence-corrected chi connectivity index (χ3v) is 6.50. The van der Waals surface area contributed by atoms with E-state index in [0.717, 1.165) is 23.1 Å².